The molecule has 2 fully saturated rings. The molecule has 2 aliphatic heterocycles. The lowest BCUT2D eigenvalue weighted by atomic mass is 10.0. The second kappa shape index (κ2) is 12.4. The lowest BCUT2D eigenvalue weighted by molar-refractivity contribution is -0.0907. The molecule has 2 saturated heterocycles. The number of amides is 1. The molecule has 0 aromatic heterocycles. The Kier molecular flexibility index (Phi) is 6.08. The van der Waals surface area contributed by atoms with Crippen molar-refractivity contribution in [3.05, 3.63) is 60.2 Å². The van der Waals surface area contributed by atoms with Crippen molar-refractivity contribution in [2.45, 2.75) is 56.0 Å². The molecule has 0 bridgehead atoms. The number of hydrogen-bond acceptors (Lipinski definition) is 8. The summed E-state index contributed by atoms with van der Waals surface area (Å²) >= 11 is 0. The predicted octanol–water partition coefficient (Wildman–Crippen LogP) is 2.38. The molecular formula is C27H37N3O7S. The van der Waals surface area contributed by atoms with Gasteiger partial charge in [0.2, 0.25) is 10.0 Å². The van der Waals surface area contributed by atoms with Crippen LogP contribution in [0.5, 0.6) is 0 Å². The van der Waals surface area contributed by atoms with Crippen LogP contribution in [0.3, 0.4) is 0 Å². The summed E-state index contributed by atoms with van der Waals surface area (Å²) in [5.74, 6) is -3.83. The Morgan fingerprint density at radius 2 is 1.92 bits per heavy atom. The van der Waals surface area contributed by atoms with Crippen molar-refractivity contribution < 1.29 is 44.9 Å². The fraction of sp³-hybridized carbons (Fsp3) is 0.519. The van der Waals surface area contributed by atoms with Gasteiger partial charge in [-0.15, -0.1) is 0 Å². The van der Waals surface area contributed by atoms with Crippen LogP contribution in [0, 0.1) is 11.8 Å². The van der Waals surface area contributed by atoms with E-state index < -0.39 is 72.5 Å². The van der Waals surface area contributed by atoms with Gasteiger partial charge in [-0.3, -0.25) is 0 Å². The van der Waals surface area contributed by atoms with Crippen molar-refractivity contribution in [1.29, 1.82) is 0 Å². The number of hydrogen-bond donors (Lipinski definition) is 3. The number of ether oxygens (including phenoxy) is 3. The molecule has 2 unspecified atom stereocenters. The standard InChI is InChI=1S/C27H37N3O7S/c1-18(2)15-30(38(33,34)21-10-8-20(28)9-11-21)16-24(31)23(14-19-6-4-3-5-7-19)29-27(32)37-25-17-36-26-22(25)12-13-35-26/h3-11,18,22-26,31H,12-17,28H2,1-2H3,(H,29,32)/t22?,23-,24-,25+,26?/m1/s1/i12D2,13D2,17D2,22D,25D,26D. The molecule has 1 amide bonds. The Morgan fingerprint density at radius 3 is 2.61 bits per heavy atom. The Morgan fingerprint density at radius 1 is 1.21 bits per heavy atom. The smallest absolute Gasteiger partial charge is 0.407 e. The summed E-state index contributed by atoms with van der Waals surface area (Å²) in [6, 6.07) is 12.4. The second-order valence-corrected chi connectivity index (χ2v) is 11.1. The number of aliphatic hydroxyl groups is 1. The number of benzene rings is 2. The van der Waals surface area contributed by atoms with Crippen LogP contribution in [0.2, 0.25) is 0 Å². The molecule has 2 heterocycles. The van der Waals surface area contributed by atoms with Gasteiger partial charge in [0.05, 0.1) is 44.3 Å². The lowest BCUT2D eigenvalue weighted by Crippen LogP contribution is -2.51. The maximum Gasteiger partial charge on any atom is 0.407 e. The average molecular weight is 557 g/mol. The Labute approximate surface area is 236 Å². The maximum atomic E-state index is 13.6. The van der Waals surface area contributed by atoms with E-state index in [4.69, 9.17) is 27.5 Å². The number of nitrogen functional groups attached to an aromatic ring is 1. The van der Waals surface area contributed by atoms with E-state index in [1.54, 1.807) is 44.2 Å². The van der Waals surface area contributed by atoms with E-state index in [9.17, 15) is 18.3 Å². The fourth-order valence-electron chi connectivity index (χ4n) is 3.89. The third-order valence-corrected chi connectivity index (χ3v) is 7.57. The molecule has 0 aliphatic carbocycles. The van der Waals surface area contributed by atoms with Crippen LogP contribution in [0.25, 0.3) is 0 Å². The van der Waals surface area contributed by atoms with Crippen molar-refractivity contribution in [3.8, 4) is 0 Å². The predicted molar refractivity (Wildman–Crippen MR) is 142 cm³/mol. The summed E-state index contributed by atoms with van der Waals surface area (Å²) in [7, 11) is -4.19. The molecule has 208 valence electrons. The third kappa shape index (κ3) is 7.03. The summed E-state index contributed by atoms with van der Waals surface area (Å²) in [6.07, 6.45) is -14.3. The Balaban J connectivity index is 1.66. The highest BCUT2D eigenvalue weighted by Crippen LogP contribution is 2.33. The maximum absolute atomic E-state index is 13.6. The molecule has 2 aliphatic rings. The quantitative estimate of drug-likeness (QED) is 0.359. The molecule has 4 N–H and O–H groups in total. The largest absolute Gasteiger partial charge is 0.443 e. The van der Waals surface area contributed by atoms with E-state index in [0.717, 1.165) is 4.31 Å². The van der Waals surface area contributed by atoms with Gasteiger partial charge in [0.1, 0.15) is 6.08 Å². The van der Waals surface area contributed by atoms with E-state index in [1.165, 1.54) is 24.3 Å². The summed E-state index contributed by atoms with van der Waals surface area (Å²) in [5, 5.41) is 13.7. The number of anilines is 1. The lowest BCUT2D eigenvalue weighted by Gasteiger charge is -2.31. The zero-order valence-electron chi connectivity index (χ0n) is 29.9. The van der Waals surface area contributed by atoms with E-state index in [2.05, 4.69) is 10.1 Å². The third-order valence-electron chi connectivity index (χ3n) is 5.73. The number of nitrogens with one attached hydrogen (secondary N) is 1. The van der Waals surface area contributed by atoms with E-state index >= 15 is 0 Å². The fourth-order valence-corrected chi connectivity index (χ4v) is 5.51. The number of fused-ring (bicyclic) bond motifs is 1. The number of nitrogens with zero attached hydrogens (tertiary/aromatic N) is 1. The minimum atomic E-state index is -4.19. The highest BCUT2D eigenvalue weighted by Gasteiger charge is 2.44. The number of sulfonamides is 1. The minimum absolute atomic E-state index is 0.0380. The van der Waals surface area contributed by atoms with Crippen molar-refractivity contribution in [2.24, 2.45) is 11.8 Å². The molecular weight excluding hydrogens is 510 g/mol. The van der Waals surface area contributed by atoms with Gasteiger partial charge >= 0.3 is 6.09 Å². The molecule has 2 aromatic rings. The molecule has 10 nitrogen and oxygen atoms in total. The number of nitrogens with two attached hydrogens (primary N) is 1. The summed E-state index contributed by atoms with van der Waals surface area (Å²) in [5.41, 5.74) is 6.60. The number of carbonyl (C=O) groups excluding carboxylic acids is 1. The van der Waals surface area contributed by atoms with Gasteiger partial charge in [0, 0.05) is 22.9 Å². The van der Waals surface area contributed by atoms with Crippen LogP contribution in [-0.4, -0.2) is 74.6 Å². The van der Waals surface area contributed by atoms with Crippen LogP contribution in [0.4, 0.5) is 10.5 Å². The first-order valence-corrected chi connectivity index (χ1v) is 13.4. The number of carbonyl (C=O) groups is 1. The summed E-state index contributed by atoms with van der Waals surface area (Å²) in [4.78, 5) is 13.3. The van der Waals surface area contributed by atoms with E-state index in [0.29, 0.717) is 11.3 Å². The van der Waals surface area contributed by atoms with Gasteiger partial charge in [-0.05, 0) is 48.5 Å². The minimum Gasteiger partial charge on any atom is -0.443 e. The molecule has 11 heteroatoms. The highest BCUT2D eigenvalue weighted by molar-refractivity contribution is 7.89. The van der Waals surface area contributed by atoms with Gasteiger partial charge in [0.15, 0.2) is 6.27 Å². The van der Waals surface area contributed by atoms with E-state index in [-0.39, 0.29) is 23.8 Å². The zero-order valence-corrected chi connectivity index (χ0v) is 21.7. The molecule has 0 radical (unpaired) electrons. The molecule has 0 spiro atoms. The van der Waals surface area contributed by atoms with Crippen molar-refractivity contribution in [3.63, 3.8) is 0 Å². The normalized spacial score (nSPS) is 36.1. The Bertz CT molecular complexity index is 1570. The average Bonchev–Trinajstić information content (AvgIpc) is 3.13. The van der Waals surface area contributed by atoms with Crippen LogP contribution >= 0.6 is 0 Å². The second-order valence-electron chi connectivity index (χ2n) is 9.21. The Hall–Kier alpha value is -2.70. The number of alkyl carbamates (subject to hydrolysis) is 1. The van der Waals surface area contributed by atoms with Crippen LogP contribution in [0.1, 0.15) is 38.1 Å². The van der Waals surface area contributed by atoms with Crippen molar-refractivity contribution in [1.82, 2.24) is 9.62 Å². The highest BCUT2D eigenvalue weighted by atomic mass is 32.2. The van der Waals surface area contributed by atoms with Gasteiger partial charge in [-0.25, -0.2) is 13.2 Å². The summed E-state index contributed by atoms with van der Waals surface area (Å²) < 4.78 is 117. The van der Waals surface area contributed by atoms with Gasteiger partial charge < -0.3 is 30.4 Å². The van der Waals surface area contributed by atoms with Crippen LogP contribution < -0.4 is 11.1 Å². The first-order chi connectivity index (χ1) is 21.4. The molecule has 4 rings (SSSR count). The van der Waals surface area contributed by atoms with Gasteiger partial charge in [-0.1, -0.05) is 44.2 Å². The van der Waals surface area contributed by atoms with E-state index in [1.807, 2.05) is 0 Å². The number of rotatable bonds is 11. The monoisotopic (exact) mass is 556 g/mol. The zero-order chi connectivity index (χ0) is 35.4. The van der Waals surface area contributed by atoms with Gasteiger partial charge in [0.25, 0.3) is 0 Å². The first-order valence-electron chi connectivity index (χ1n) is 16.4. The van der Waals surface area contributed by atoms with Crippen molar-refractivity contribution >= 4 is 21.8 Å². The van der Waals surface area contributed by atoms with Crippen LogP contribution in [0.15, 0.2) is 59.5 Å². The van der Waals surface area contributed by atoms with Crippen molar-refractivity contribution in [2.75, 3.05) is 31.9 Å². The molecule has 2 aromatic carbocycles. The van der Waals surface area contributed by atoms with Gasteiger partial charge in [-0.2, -0.15) is 4.31 Å². The SMILES string of the molecule is [2H]C1([2H])OC2([2H])OC([2H])([2H])[C@]([2H])(OC(=O)N[C@H](Cc3ccccc3)[C@H](O)CN(CC(C)C)S(=O)(=O)c3ccc(N)cc3)C2([2H])C1([2H])[2H]. The molecule has 38 heavy (non-hydrogen) atoms. The molecule has 0 saturated carbocycles. The molecule has 5 atom stereocenters. The first kappa shape index (κ1) is 18.6. The number of aliphatic hydroxyl groups excluding tert-OH is 1. The summed E-state index contributed by atoms with van der Waals surface area (Å²) in [6.45, 7) is -4.06. The topological polar surface area (TPSA) is 140 Å². The van der Waals surface area contributed by atoms with Crippen LogP contribution in [-0.2, 0) is 30.7 Å².